The zero-order valence-electron chi connectivity index (χ0n) is 18.5. The highest BCUT2D eigenvalue weighted by Gasteiger charge is 2.36. The summed E-state index contributed by atoms with van der Waals surface area (Å²) >= 11 is 0. The predicted molar refractivity (Wildman–Crippen MR) is 123 cm³/mol. The summed E-state index contributed by atoms with van der Waals surface area (Å²) in [4.78, 5) is 37.6. The molecule has 2 aliphatic heterocycles. The Labute approximate surface area is 183 Å². The van der Waals surface area contributed by atoms with Crippen molar-refractivity contribution in [3.63, 3.8) is 0 Å². The van der Waals surface area contributed by atoms with E-state index in [2.05, 4.69) is 48.9 Å². The highest BCUT2D eigenvalue weighted by atomic mass is 16.2. The summed E-state index contributed by atoms with van der Waals surface area (Å²) in [6, 6.07) is 1.62. The number of amides is 1. The lowest BCUT2D eigenvalue weighted by molar-refractivity contribution is -0.119. The van der Waals surface area contributed by atoms with Crippen LogP contribution in [0.15, 0.2) is 24.8 Å². The number of carbonyl (C=O) groups excluding carboxylic acids is 1. The average Bonchev–Trinajstić information content (AvgIpc) is 2.82. The van der Waals surface area contributed by atoms with Gasteiger partial charge >= 0.3 is 0 Å². The number of piperazine rings is 1. The fraction of sp³-hybridized carbons (Fsp3) is 0.591. The average molecular weight is 425 g/mol. The molecule has 0 bridgehead atoms. The number of rotatable bonds is 8. The van der Waals surface area contributed by atoms with E-state index in [0.29, 0.717) is 6.54 Å². The largest absolute Gasteiger partial charge is 0.356 e. The van der Waals surface area contributed by atoms with Gasteiger partial charge in [0.05, 0.1) is 0 Å². The Hall–Kier alpha value is -2.97. The third-order valence-corrected chi connectivity index (χ3v) is 5.94. The number of hydrogen-bond acceptors (Lipinski definition) is 8. The molecule has 9 heteroatoms. The molecular formula is C22H32N8O. The molecule has 0 aliphatic carbocycles. The number of carbonyl (C=O) groups is 1. The molecule has 9 nitrogen and oxygen atoms in total. The van der Waals surface area contributed by atoms with Crippen molar-refractivity contribution in [1.29, 1.82) is 0 Å². The minimum absolute atomic E-state index is 0.141. The molecular weight excluding hydrogens is 392 g/mol. The maximum Gasteiger partial charge on any atom is 0.249 e. The maximum absolute atomic E-state index is 13.3. The van der Waals surface area contributed by atoms with Crippen molar-refractivity contribution in [3.05, 3.63) is 24.8 Å². The van der Waals surface area contributed by atoms with E-state index in [1.807, 2.05) is 11.0 Å². The molecule has 0 aromatic carbocycles. The van der Waals surface area contributed by atoms with Crippen LogP contribution in [0.3, 0.4) is 0 Å². The zero-order valence-corrected chi connectivity index (χ0v) is 18.5. The van der Waals surface area contributed by atoms with Gasteiger partial charge in [-0.2, -0.15) is 0 Å². The SMILES string of the molecule is CCCC[C@@H]1Nc2ncnc(N3CCN(c4ncccn4)CC3)c2N(CCCC)C1=O. The number of hydrogen-bond donors (Lipinski definition) is 1. The van der Waals surface area contributed by atoms with Crippen molar-refractivity contribution in [2.45, 2.75) is 52.0 Å². The van der Waals surface area contributed by atoms with E-state index in [1.165, 1.54) is 0 Å². The van der Waals surface area contributed by atoms with Gasteiger partial charge in [-0.25, -0.2) is 19.9 Å². The number of nitrogens with one attached hydrogen (secondary N) is 1. The minimum atomic E-state index is -0.209. The molecule has 1 saturated heterocycles. The van der Waals surface area contributed by atoms with E-state index in [4.69, 9.17) is 0 Å². The number of aromatic nitrogens is 4. The molecule has 4 rings (SSSR count). The molecule has 1 fully saturated rings. The highest BCUT2D eigenvalue weighted by molar-refractivity contribution is 6.06. The molecule has 1 amide bonds. The fourth-order valence-corrected chi connectivity index (χ4v) is 4.20. The Kier molecular flexibility index (Phi) is 6.79. The summed E-state index contributed by atoms with van der Waals surface area (Å²) < 4.78 is 0. The molecule has 31 heavy (non-hydrogen) atoms. The van der Waals surface area contributed by atoms with Gasteiger partial charge in [0, 0.05) is 45.1 Å². The van der Waals surface area contributed by atoms with Crippen molar-refractivity contribution in [3.8, 4) is 0 Å². The van der Waals surface area contributed by atoms with Crippen LogP contribution in [0.5, 0.6) is 0 Å². The van der Waals surface area contributed by atoms with Gasteiger partial charge in [0.2, 0.25) is 11.9 Å². The molecule has 1 N–H and O–H groups in total. The first-order valence-electron chi connectivity index (χ1n) is 11.4. The number of nitrogens with zero attached hydrogens (tertiary/aromatic N) is 7. The molecule has 166 valence electrons. The summed E-state index contributed by atoms with van der Waals surface area (Å²) in [6.07, 6.45) is 10.1. The van der Waals surface area contributed by atoms with Gasteiger partial charge in [-0.15, -0.1) is 0 Å². The van der Waals surface area contributed by atoms with Crippen LogP contribution in [-0.4, -0.2) is 64.6 Å². The summed E-state index contributed by atoms with van der Waals surface area (Å²) in [5.74, 6) is 2.51. The Bertz CT molecular complexity index is 869. The van der Waals surface area contributed by atoms with Gasteiger partial charge in [-0.3, -0.25) is 4.79 Å². The van der Waals surface area contributed by atoms with Crippen molar-refractivity contribution in [2.24, 2.45) is 0 Å². The number of anilines is 4. The third-order valence-electron chi connectivity index (χ3n) is 5.94. The van der Waals surface area contributed by atoms with Crippen LogP contribution in [-0.2, 0) is 4.79 Å². The normalized spacial score (nSPS) is 18.7. The van der Waals surface area contributed by atoms with Crippen LogP contribution in [0.2, 0.25) is 0 Å². The monoisotopic (exact) mass is 424 g/mol. The second-order valence-electron chi connectivity index (χ2n) is 8.10. The van der Waals surface area contributed by atoms with Gasteiger partial charge in [-0.05, 0) is 18.9 Å². The third kappa shape index (κ3) is 4.55. The van der Waals surface area contributed by atoms with E-state index < -0.39 is 0 Å². The van der Waals surface area contributed by atoms with E-state index >= 15 is 0 Å². The molecule has 0 unspecified atom stereocenters. The topological polar surface area (TPSA) is 90.4 Å². The van der Waals surface area contributed by atoms with Crippen molar-refractivity contribution < 1.29 is 4.79 Å². The van der Waals surface area contributed by atoms with Crippen molar-refractivity contribution >= 4 is 29.2 Å². The molecule has 4 heterocycles. The van der Waals surface area contributed by atoms with Crippen LogP contribution >= 0.6 is 0 Å². The first-order chi connectivity index (χ1) is 15.2. The second kappa shape index (κ2) is 9.89. The van der Waals surface area contributed by atoms with E-state index in [0.717, 1.165) is 81.6 Å². The zero-order chi connectivity index (χ0) is 21.6. The molecule has 1 atom stereocenters. The Morgan fingerprint density at radius 3 is 2.39 bits per heavy atom. The fourth-order valence-electron chi connectivity index (χ4n) is 4.20. The Morgan fingerprint density at radius 1 is 0.968 bits per heavy atom. The minimum Gasteiger partial charge on any atom is -0.356 e. The maximum atomic E-state index is 13.3. The molecule has 0 saturated carbocycles. The standard InChI is InChI=1S/C22H32N8O/c1-3-5-8-17-21(31)30(11-6-4-2)18-19(27-17)25-16-26-20(18)28-12-14-29(15-13-28)22-23-9-7-10-24-22/h7,9-10,16-17H,3-6,8,11-15H2,1-2H3,(H,25,26,27)/t17-/m0/s1. The van der Waals surface area contributed by atoms with Gasteiger partial charge in [0.1, 0.15) is 18.1 Å². The van der Waals surface area contributed by atoms with Crippen LogP contribution < -0.4 is 20.0 Å². The molecule has 0 spiro atoms. The lowest BCUT2D eigenvalue weighted by Crippen LogP contribution is -2.51. The van der Waals surface area contributed by atoms with Crippen LogP contribution in [0.4, 0.5) is 23.3 Å². The molecule has 0 radical (unpaired) electrons. The first-order valence-corrected chi connectivity index (χ1v) is 11.4. The van der Waals surface area contributed by atoms with Gasteiger partial charge < -0.3 is 20.0 Å². The lowest BCUT2D eigenvalue weighted by Gasteiger charge is -2.40. The van der Waals surface area contributed by atoms with Gasteiger partial charge in [0.15, 0.2) is 11.6 Å². The predicted octanol–water partition coefficient (Wildman–Crippen LogP) is 2.71. The Morgan fingerprint density at radius 2 is 1.68 bits per heavy atom. The molecule has 2 aromatic heterocycles. The lowest BCUT2D eigenvalue weighted by atomic mass is 10.0. The van der Waals surface area contributed by atoms with Gasteiger partial charge in [-0.1, -0.05) is 33.1 Å². The summed E-state index contributed by atoms with van der Waals surface area (Å²) in [6.45, 7) is 8.18. The quantitative estimate of drug-likeness (QED) is 0.692. The highest BCUT2D eigenvalue weighted by Crippen LogP contribution is 2.38. The van der Waals surface area contributed by atoms with E-state index in [-0.39, 0.29) is 11.9 Å². The number of unbranched alkanes of at least 4 members (excludes halogenated alkanes) is 2. The first kappa shape index (κ1) is 21.3. The van der Waals surface area contributed by atoms with E-state index in [9.17, 15) is 4.79 Å². The summed E-state index contributed by atoms with van der Waals surface area (Å²) in [5, 5.41) is 3.40. The van der Waals surface area contributed by atoms with Crippen LogP contribution in [0.1, 0.15) is 46.0 Å². The van der Waals surface area contributed by atoms with Crippen molar-refractivity contribution in [2.75, 3.05) is 52.7 Å². The second-order valence-corrected chi connectivity index (χ2v) is 8.10. The molecule has 2 aliphatic rings. The Balaban J connectivity index is 1.57. The van der Waals surface area contributed by atoms with Gasteiger partial charge in [0.25, 0.3) is 0 Å². The summed E-state index contributed by atoms with van der Waals surface area (Å²) in [7, 11) is 0. The van der Waals surface area contributed by atoms with Crippen molar-refractivity contribution in [1.82, 2.24) is 19.9 Å². The van der Waals surface area contributed by atoms with Crippen LogP contribution in [0.25, 0.3) is 0 Å². The summed E-state index contributed by atoms with van der Waals surface area (Å²) in [5.41, 5.74) is 0.832. The number of fused-ring (bicyclic) bond motifs is 1. The smallest absolute Gasteiger partial charge is 0.249 e. The molecule has 2 aromatic rings. The van der Waals surface area contributed by atoms with E-state index in [1.54, 1.807) is 18.7 Å². The van der Waals surface area contributed by atoms with Crippen LogP contribution in [0, 0.1) is 0 Å².